The third-order valence-electron chi connectivity index (χ3n) is 5.24. The normalized spacial score (nSPS) is 12.0. The average Bonchev–Trinajstić information content (AvgIpc) is 3.31. The summed E-state index contributed by atoms with van der Waals surface area (Å²) < 4.78 is 47.2. The zero-order valence-electron chi connectivity index (χ0n) is 17.3. The molecule has 8 heteroatoms. The van der Waals surface area contributed by atoms with Crippen molar-refractivity contribution in [3.63, 3.8) is 0 Å². The number of aromatic nitrogens is 2. The summed E-state index contributed by atoms with van der Waals surface area (Å²) in [5.74, 6) is -4.86. The lowest BCUT2D eigenvalue weighted by molar-refractivity contribution is -0.141. The van der Waals surface area contributed by atoms with Gasteiger partial charge in [0.15, 0.2) is 11.6 Å². The maximum atomic E-state index is 14.4. The van der Waals surface area contributed by atoms with Crippen LogP contribution in [0.5, 0.6) is 0 Å². The van der Waals surface area contributed by atoms with E-state index >= 15 is 0 Å². The van der Waals surface area contributed by atoms with Gasteiger partial charge in [0.25, 0.3) is 0 Å². The van der Waals surface area contributed by atoms with Gasteiger partial charge in [-0.05, 0) is 23.8 Å². The molecule has 0 amide bonds. The lowest BCUT2D eigenvalue weighted by Gasteiger charge is -2.15. The second-order valence-corrected chi connectivity index (χ2v) is 7.57. The first-order valence-corrected chi connectivity index (χ1v) is 10.2. The summed E-state index contributed by atoms with van der Waals surface area (Å²) in [6.45, 7) is 0. The Labute approximate surface area is 187 Å². The van der Waals surface area contributed by atoms with Gasteiger partial charge >= 0.3 is 5.97 Å². The Balaban J connectivity index is 1.73. The number of halogens is 3. The number of carboxylic acids is 1. The molecule has 33 heavy (non-hydrogen) atoms. The molecule has 0 saturated heterocycles. The first-order valence-electron chi connectivity index (χ1n) is 10.2. The van der Waals surface area contributed by atoms with Crippen molar-refractivity contribution in [3.05, 3.63) is 107 Å². The minimum absolute atomic E-state index is 0.0210. The number of nitrogens with zero attached hydrogens (tertiary/aromatic N) is 2. The molecule has 1 atom stereocenters. The predicted octanol–water partition coefficient (Wildman–Crippen LogP) is 5.23. The van der Waals surface area contributed by atoms with E-state index in [0.717, 1.165) is 11.6 Å². The molecule has 1 N–H and O–H groups in total. The fourth-order valence-corrected chi connectivity index (χ4v) is 3.58. The molecule has 0 aliphatic heterocycles. The van der Waals surface area contributed by atoms with Gasteiger partial charge in [-0.2, -0.15) is 0 Å². The van der Waals surface area contributed by atoms with Gasteiger partial charge in [-0.1, -0.05) is 30.3 Å². The molecule has 4 aromatic rings. The Morgan fingerprint density at radius 2 is 1.79 bits per heavy atom. The second-order valence-electron chi connectivity index (χ2n) is 7.57. The van der Waals surface area contributed by atoms with E-state index in [9.17, 15) is 23.1 Å². The maximum Gasteiger partial charge on any atom is 0.307 e. The fraction of sp³-hybridized carbons (Fsp3) is 0.160. The second kappa shape index (κ2) is 9.68. The molecule has 0 radical (unpaired) electrons. The molecule has 0 saturated carbocycles. The van der Waals surface area contributed by atoms with Crippen molar-refractivity contribution in [3.8, 4) is 11.3 Å². The molecule has 2 aromatic heterocycles. The quantitative estimate of drug-likeness (QED) is 0.371. The lowest BCUT2D eigenvalue weighted by Crippen LogP contribution is -2.21. The van der Waals surface area contributed by atoms with Crippen molar-refractivity contribution in [1.29, 1.82) is 0 Å². The summed E-state index contributed by atoms with van der Waals surface area (Å²) in [5.41, 5.74) is 1.54. The highest BCUT2D eigenvalue weighted by Crippen LogP contribution is 2.24. The third-order valence-corrected chi connectivity index (χ3v) is 5.24. The van der Waals surface area contributed by atoms with Crippen molar-refractivity contribution in [1.82, 2.24) is 9.97 Å². The standard InChI is InChI=1S/C25H19F3N2O3/c26-18-9-16(24(28)20(27)13-18)11-22-21(12-17(25(31)32)10-19-7-4-8-33-19)29-14-23(30-22)15-5-2-1-3-6-15/h1-9,13-14,17H,10-12H2,(H,31,32). The zero-order valence-corrected chi connectivity index (χ0v) is 17.3. The number of furan rings is 1. The van der Waals surface area contributed by atoms with E-state index in [1.165, 1.54) is 12.5 Å². The summed E-state index contributed by atoms with van der Waals surface area (Å²) >= 11 is 0. The number of hydrogen-bond donors (Lipinski definition) is 1. The summed E-state index contributed by atoms with van der Waals surface area (Å²) in [5, 5.41) is 9.71. The molecule has 0 aliphatic rings. The zero-order chi connectivity index (χ0) is 23.4. The van der Waals surface area contributed by atoms with Gasteiger partial charge in [-0.15, -0.1) is 0 Å². The van der Waals surface area contributed by atoms with Crippen molar-refractivity contribution in [2.24, 2.45) is 5.92 Å². The molecule has 0 aliphatic carbocycles. The molecule has 0 fully saturated rings. The van der Waals surface area contributed by atoms with Crippen LogP contribution in [0.25, 0.3) is 11.3 Å². The van der Waals surface area contributed by atoms with Crippen LogP contribution in [-0.2, 0) is 24.1 Å². The minimum atomic E-state index is -1.31. The van der Waals surface area contributed by atoms with Crippen LogP contribution in [0.15, 0.2) is 71.5 Å². The molecular formula is C25H19F3N2O3. The van der Waals surface area contributed by atoms with E-state index in [1.54, 1.807) is 12.1 Å². The molecule has 2 heterocycles. The number of benzene rings is 2. The molecule has 4 rings (SSSR count). The van der Waals surface area contributed by atoms with Gasteiger partial charge < -0.3 is 9.52 Å². The Hall–Kier alpha value is -3.94. The van der Waals surface area contributed by atoms with Crippen LogP contribution in [0, 0.1) is 23.4 Å². The summed E-state index contributed by atoms with van der Waals surface area (Å²) in [6.07, 6.45) is 2.80. The number of aliphatic carboxylic acids is 1. The summed E-state index contributed by atoms with van der Waals surface area (Å²) in [6, 6.07) is 13.8. The van der Waals surface area contributed by atoms with Crippen LogP contribution in [0.4, 0.5) is 13.2 Å². The highest BCUT2D eigenvalue weighted by molar-refractivity contribution is 5.70. The van der Waals surface area contributed by atoms with Crippen LogP contribution < -0.4 is 0 Å². The molecule has 5 nitrogen and oxygen atoms in total. The highest BCUT2D eigenvalue weighted by Gasteiger charge is 2.24. The van der Waals surface area contributed by atoms with Gasteiger partial charge in [-0.3, -0.25) is 9.78 Å². The summed E-state index contributed by atoms with van der Waals surface area (Å²) in [7, 11) is 0. The highest BCUT2D eigenvalue weighted by atomic mass is 19.2. The Morgan fingerprint density at radius 1 is 1.00 bits per heavy atom. The Bertz CT molecular complexity index is 1260. The maximum absolute atomic E-state index is 14.4. The van der Waals surface area contributed by atoms with Crippen LogP contribution >= 0.6 is 0 Å². The lowest BCUT2D eigenvalue weighted by atomic mass is 9.95. The van der Waals surface area contributed by atoms with E-state index in [1.807, 2.05) is 30.3 Å². The number of hydrogen-bond acceptors (Lipinski definition) is 4. The van der Waals surface area contributed by atoms with Gasteiger partial charge in [0, 0.05) is 30.9 Å². The van der Waals surface area contributed by atoms with Crippen LogP contribution in [0.2, 0.25) is 0 Å². The molecule has 0 bridgehead atoms. The van der Waals surface area contributed by atoms with Crippen LogP contribution in [0.3, 0.4) is 0 Å². The fourth-order valence-electron chi connectivity index (χ4n) is 3.58. The van der Waals surface area contributed by atoms with Gasteiger partial charge in [0.1, 0.15) is 11.6 Å². The number of carboxylic acid groups (broad SMARTS) is 1. The third kappa shape index (κ3) is 5.28. The van der Waals surface area contributed by atoms with E-state index in [0.29, 0.717) is 23.2 Å². The van der Waals surface area contributed by atoms with E-state index in [2.05, 4.69) is 9.97 Å². The van der Waals surface area contributed by atoms with Crippen LogP contribution in [-0.4, -0.2) is 21.0 Å². The van der Waals surface area contributed by atoms with Crippen LogP contribution in [0.1, 0.15) is 22.7 Å². The largest absolute Gasteiger partial charge is 0.481 e. The van der Waals surface area contributed by atoms with E-state index in [-0.39, 0.29) is 30.5 Å². The first-order chi connectivity index (χ1) is 15.9. The number of rotatable bonds is 8. The average molecular weight is 452 g/mol. The van der Waals surface area contributed by atoms with Gasteiger partial charge in [0.05, 0.1) is 35.5 Å². The molecular weight excluding hydrogens is 433 g/mol. The smallest absolute Gasteiger partial charge is 0.307 e. The monoisotopic (exact) mass is 452 g/mol. The molecule has 168 valence electrons. The summed E-state index contributed by atoms with van der Waals surface area (Å²) in [4.78, 5) is 20.9. The van der Waals surface area contributed by atoms with Crippen molar-refractivity contribution in [2.45, 2.75) is 19.3 Å². The molecule has 0 spiro atoms. The van der Waals surface area contributed by atoms with E-state index in [4.69, 9.17) is 4.42 Å². The van der Waals surface area contributed by atoms with Crippen molar-refractivity contribution < 1.29 is 27.5 Å². The topological polar surface area (TPSA) is 76.2 Å². The minimum Gasteiger partial charge on any atom is -0.481 e. The van der Waals surface area contributed by atoms with Gasteiger partial charge in [0.2, 0.25) is 0 Å². The SMILES string of the molecule is O=C(O)C(Cc1ccco1)Cc1ncc(-c2ccccc2)nc1Cc1cc(F)cc(F)c1F. The Morgan fingerprint density at radius 3 is 2.48 bits per heavy atom. The predicted molar refractivity (Wildman–Crippen MR) is 114 cm³/mol. The van der Waals surface area contributed by atoms with Crippen molar-refractivity contribution >= 4 is 5.97 Å². The Kier molecular flexibility index (Phi) is 6.53. The molecule has 2 aromatic carbocycles. The molecule has 1 unspecified atom stereocenters. The number of carbonyl (C=O) groups is 1. The van der Waals surface area contributed by atoms with Gasteiger partial charge in [-0.25, -0.2) is 18.2 Å². The first kappa shape index (κ1) is 22.3. The van der Waals surface area contributed by atoms with E-state index < -0.39 is 29.3 Å². The van der Waals surface area contributed by atoms with Crippen molar-refractivity contribution in [2.75, 3.05) is 0 Å².